The molecule has 0 radical (unpaired) electrons. The number of halogens is 1. The average molecular weight is 286 g/mol. The van der Waals surface area contributed by atoms with Crippen LogP contribution in [0.5, 0.6) is 0 Å². The highest BCUT2D eigenvalue weighted by Gasteiger charge is 2.29. The number of carbonyl (C=O) groups is 1. The minimum absolute atomic E-state index is 0.0698. The van der Waals surface area contributed by atoms with Crippen LogP contribution < -0.4 is 5.32 Å². The molecule has 1 fully saturated rings. The van der Waals surface area contributed by atoms with Gasteiger partial charge in [0.15, 0.2) is 0 Å². The lowest BCUT2D eigenvalue weighted by atomic mass is 10.2. The largest absolute Gasteiger partial charge is 0.391 e. The van der Waals surface area contributed by atoms with Crippen molar-refractivity contribution in [1.82, 2.24) is 5.32 Å². The van der Waals surface area contributed by atoms with Crippen LogP contribution in [0.1, 0.15) is 12.8 Å². The van der Waals surface area contributed by atoms with E-state index in [0.29, 0.717) is 23.2 Å². The summed E-state index contributed by atoms with van der Waals surface area (Å²) in [6, 6.07) is 7.44. The third-order valence-corrected chi connectivity index (χ3v) is 4.39. The molecule has 0 aliphatic heterocycles. The maximum atomic E-state index is 11.6. The Bertz CT molecular complexity index is 423. The van der Waals surface area contributed by atoms with Crippen molar-refractivity contribution in [2.75, 3.05) is 12.3 Å². The number of aliphatic hydroxyl groups is 1. The van der Waals surface area contributed by atoms with Crippen molar-refractivity contribution in [3.8, 4) is 0 Å². The molecule has 1 atom stereocenters. The number of nitrogens with one attached hydrogen (secondary N) is 1. The molecule has 1 aromatic carbocycles. The minimum Gasteiger partial charge on any atom is -0.391 e. The van der Waals surface area contributed by atoms with Gasteiger partial charge in [0.2, 0.25) is 5.91 Å². The molecule has 0 spiro atoms. The summed E-state index contributed by atoms with van der Waals surface area (Å²) in [6.45, 7) is 0.354. The molecule has 1 aromatic rings. The minimum atomic E-state index is -0.390. The first-order chi connectivity index (χ1) is 8.66. The lowest BCUT2D eigenvalue weighted by Crippen LogP contribution is -2.34. The second-order valence-corrected chi connectivity index (χ2v) is 5.85. The number of hydrogen-bond acceptors (Lipinski definition) is 3. The fourth-order valence-corrected chi connectivity index (χ4v) is 2.69. The Hall–Kier alpha value is -0.710. The van der Waals surface area contributed by atoms with Crippen LogP contribution in [0.15, 0.2) is 29.2 Å². The molecule has 2 N–H and O–H groups in total. The molecular formula is C13H16ClNO2S. The van der Waals surface area contributed by atoms with Crippen LogP contribution in [-0.4, -0.2) is 29.4 Å². The summed E-state index contributed by atoms with van der Waals surface area (Å²) in [5.41, 5.74) is 0. The maximum Gasteiger partial charge on any atom is 0.230 e. The maximum absolute atomic E-state index is 11.6. The first-order valence-electron chi connectivity index (χ1n) is 5.99. The molecule has 1 aliphatic carbocycles. The number of rotatable bonds is 6. The van der Waals surface area contributed by atoms with E-state index in [1.165, 1.54) is 11.8 Å². The van der Waals surface area contributed by atoms with E-state index in [4.69, 9.17) is 11.6 Å². The summed E-state index contributed by atoms with van der Waals surface area (Å²) in [6.07, 6.45) is 1.76. The standard InChI is InChI=1S/C13H16ClNO2S/c14-10-3-1-2-4-12(10)18-8-13(17)15-7-11(16)9-5-6-9/h1-4,9,11,16H,5-8H2,(H,15,17). The van der Waals surface area contributed by atoms with E-state index in [2.05, 4.69) is 5.32 Å². The summed E-state index contributed by atoms with van der Waals surface area (Å²) >= 11 is 7.40. The molecule has 1 aliphatic rings. The zero-order valence-electron chi connectivity index (χ0n) is 9.93. The van der Waals surface area contributed by atoms with Crippen molar-refractivity contribution in [1.29, 1.82) is 0 Å². The molecule has 18 heavy (non-hydrogen) atoms. The first kappa shape index (κ1) is 13.7. The predicted molar refractivity (Wildman–Crippen MR) is 73.9 cm³/mol. The van der Waals surface area contributed by atoms with Crippen molar-refractivity contribution >= 4 is 29.3 Å². The lowest BCUT2D eigenvalue weighted by Gasteiger charge is -2.10. The molecule has 3 nitrogen and oxygen atoms in total. The van der Waals surface area contributed by atoms with Gasteiger partial charge in [-0.25, -0.2) is 0 Å². The lowest BCUT2D eigenvalue weighted by molar-refractivity contribution is -0.119. The predicted octanol–water partition coefficient (Wildman–Crippen LogP) is 2.32. The Labute approximate surface area is 116 Å². The van der Waals surface area contributed by atoms with E-state index < -0.39 is 0 Å². The second kappa shape index (κ2) is 6.45. The van der Waals surface area contributed by atoms with Crippen LogP contribution in [0.3, 0.4) is 0 Å². The van der Waals surface area contributed by atoms with Gasteiger partial charge in [-0.1, -0.05) is 23.7 Å². The van der Waals surface area contributed by atoms with Crippen molar-refractivity contribution in [3.63, 3.8) is 0 Å². The van der Waals surface area contributed by atoms with Crippen molar-refractivity contribution in [2.24, 2.45) is 5.92 Å². The zero-order valence-corrected chi connectivity index (χ0v) is 11.5. The van der Waals surface area contributed by atoms with E-state index in [1.54, 1.807) is 6.07 Å². The Balaban J connectivity index is 1.69. The zero-order chi connectivity index (χ0) is 13.0. The SMILES string of the molecule is O=C(CSc1ccccc1Cl)NCC(O)C1CC1. The van der Waals surface area contributed by atoms with Crippen LogP contribution in [0.2, 0.25) is 5.02 Å². The van der Waals surface area contributed by atoms with E-state index in [-0.39, 0.29) is 12.0 Å². The molecule has 1 unspecified atom stereocenters. The van der Waals surface area contributed by atoms with Crippen molar-refractivity contribution in [3.05, 3.63) is 29.3 Å². The van der Waals surface area contributed by atoms with Gasteiger partial charge in [0.05, 0.1) is 16.9 Å². The summed E-state index contributed by atoms with van der Waals surface area (Å²) in [4.78, 5) is 12.5. The number of carbonyl (C=O) groups excluding carboxylic acids is 1. The highest BCUT2D eigenvalue weighted by molar-refractivity contribution is 8.00. The van der Waals surface area contributed by atoms with Gasteiger partial charge in [-0.05, 0) is 30.9 Å². The number of amides is 1. The quantitative estimate of drug-likeness (QED) is 0.789. The summed E-state index contributed by atoms with van der Waals surface area (Å²) in [5.74, 6) is 0.641. The highest BCUT2D eigenvalue weighted by atomic mass is 35.5. The molecule has 1 saturated carbocycles. The molecule has 2 rings (SSSR count). The van der Waals surface area contributed by atoms with Crippen molar-refractivity contribution < 1.29 is 9.90 Å². The third-order valence-electron chi connectivity index (χ3n) is 2.87. The van der Waals surface area contributed by atoms with Gasteiger partial charge in [0.1, 0.15) is 0 Å². The molecular weight excluding hydrogens is 270 g/mol. The Morgan fingerprint density at radius 3 is 2.89 bits per heavy atom. The fraction of sp³-hybridized carbons (Fsp3) is 0.462. The number of hydrogen-bond donors (Lipinski definition) is 2. The van der Waals surface area contributed by atoms with Crippen molar-refractivity contribution in [2.45, 2.75) is 23.8 Å². The average Bonchev–Trinajstić information content (AvgIpc) is 3.19. The fourth-order valence-electron chi connectivity index (χ4n) is 1.62. The molecule has 5 heteroatoms. The van der Waals surface area contributed by atoms with Crippen LogP contribution in [0.25, 0.3) is 0 Å². The Morgan fingerprint density at radius 2 is 2.22 bits per heavy atom. The van der Waals surface area contributed by atoms with Gasteiger partial charge in [0, 0.05) is 11.4 Å². The topological polar surface area (TPSA) is 49.3 Å². The van der Waals surface area contributed by atoms with Crippen LogP contribution in [0.4, 0.5) is 0 Å². The monoisotopic (exact) mass is 285 g/mol. The molecule has 0 saturated heterocycles. The number of thioether (sulfide) groups is 1. The third kappa shape index (κ3) is 4.19. The van der Waals surface area contributed by atoms with E-state index in [9.17, 15) is 9.90 Å². The van der Waals surface area contributed by atoms with E-state index in [1.807, 2.05) is 18.2 Å². The summed E-state index contributed by atoms with van der Waals surface area (Å²) in [7, 11) is 0. The highest BCUT2D eigenvalue weighted by Crippen LogP contribution is 2.32. The second-order valence-electron chi connectivity index (χ2n) is 4.43. The van der Waals surface area contributed by atoms with E-state index in [0.717, 1.165) is 17.7 Å². The van der Waals surface area contributed by atoms with Gasteiger partial charge in [-0.3, -0.25) is 4.79 Å². The molecule has 98 valence electrons. The van der Waals surface area contributed by atoms with Gasteiger partial charge < -0.3 is 10.4 Å². The molecule has 0 heterocycles. The normalized spacial score (nSPS) is 16.3. The van der Waals surface area contributed by atoms with Crippen LogP contribution in [-0.2, 0) is 4.79 Å². The van der Waals surface area contributed by atoms with Gasteiger partial charge in [0.25, 0.3) is 0 Å². The summed E-state index contributed by atoms with van der Waals surface area (Å²) < 4.78 is 0. The Kier molecular flexibility index (Phi) is 4.92. The van der Waals surface area contributed by atoms with Crippen LogP contribution in [0, 0.1) is 5.92 Å². The molecule has 0 aromatic heterocycles. The van der Waals surface area contributed by atoms with Gasteiger partial charge >= 0.3 is 0 Å². The number of benzene rings is 1. The van der Waals surface area contributed by atoms with Gasteiger partial charge in [-0.15, -0.1) is 11.8 Å². The van der Waals surface area contributed by atoms with Gasteiger partial charge in [-0.2, -0.15) is 0 Å². The molecule has 1 amide bonds. The smallest absolute Gasteiger partial charge is 0.230 e. The summed E-state index contributed by atoms with van der Waals surface area (Å²) in [5, 5.41) is 13.0. The van der Waals surface area contributed by atoms with Crippen LogP contribution >= 0.6 is 23.4 Å². The Morgan fingerprint density at radius 1 is 1.50 bits per heavy atom. The number of aliphatic hydroxyl groups excluding tert-OH is 1. The van der Waals surface area contributed by atoms with E-state index >= 15 is 0 Å². The molecule has 0 bridgehead atoms. The first-order valence-corrected chi connectivity index (χ1v) is 7.35.